The molecule has 1 unspecified atom stereocenters. The minimum atomic E-state index is -3.40. The number of nitrogens with one attached hydrogen (secondary N) is 1. The maximum absolute atomic E-state index is 13.3. The summed E-state index contributed by atoms with van der Waals surface area (Å²) in [5.41, 5.74) is 1.35. The Hall–Kier alpha value is -2.95. The Bertz CT molecular complexity index is 1070. The average molecular weight is 411 g/mol. The molecule has 1 atom stereocenters. The zero-order valence-electron chi connectivity index (χ0n) is 14.8. The molecule has 1 aliphatic rings. The number of nitrogens with zero attached hydrogens (tertiary/aromatic N) is 2. The summed E-state index contributed by atoms with van der Waals surface area (Å²) in [5.74, 6) is 1.06. The van der Waals surface area contributed by atoms with E-state index in [2.05, 4.69) is 19.7 Å². The van der Waals surface area contributed by atoms with Crippen LogP contribution >= 0.6 is 0 Å². The highest BCUT2D eigenvalue weighted by atomic mass is 32.2. The lowest BCUT2D eigenvalue weighted by atomic mass is 10.2. The number of H-pyrrole nitrogens is 1. The number of aromatic nitrogens is 3. The van der Waals surface area contributed by atoms with Crippen LogP contribution in [0.2, 0.25) is 0 Å². The molecule has 1 N–H and O–H groups in total. The number of rotatable bonds is 5. The molecule has 148 valence electrons. The molecule has 3 heterocycles. The first-order valence-corrected chi connectivity index (χ1v) is 9.39. The molecule has 1 aromatic carbocycles. The zero-order valence-corrected chi connectivity index (χ0v) is 15.6. The Kier molecular flexibility index (Phi) is 4.53. The molecule has 0 aliphatic carbocycles. The topological polar surface area (TPSA) is 95.6 Å². The third kappa shape index (κ3) is 3.44. The summed E-state index contributed by atoms with van der Waals surface area (Å²) < 4.78 is 59.3. The minimum absolute atomic E-state index is 0.0744. The zero-order chi connectivity index (χ0) is 19.9. The Morgan fingerprint density at radius 3 is 2.75 bits per heavy atom. The lowest BCUT2D eigenvalue weighted by Crippen LogP contribution is -2.35. The molecule has 1 aliphatic heterocycles. The van der Waals surface area contributed by atoms with E-state index in [1.807, 2.05) is 0 Å². The Balaban J connectivity index is 1.60. The summed E-state index contributed by atoms with van der Waals surface area (Å²) in [7, 11) is 1.43. The molecule has 0 bridgehead atoms. The van der Waals surface area contributed by atoms with Crippen molar-refractivity contribution in [1.82, 2.24) is 15.0 Å². The molecule has 0 saturated carbocycles. The molecule has 0 spiro atoms. The van der Waals surface area contributed by atoms with E-state index in [1.54, 1.807) is 6.07 Å². The Morgan fingerprint density at radius 2 is 2.00 bits per heavy atom. The Labute approximate surface area is 160 Å². The van der Waals surface area contributed by atoms with Gasteiger partial charge in [-0.3, -0.25) is 9.19 Å². The van der Waals surface area contributed by atoms with Gasteiger partial charge in [0.1, 0.15) is 0 Å². The first-order chi connectivity index (χ1) is 13.4. The van der Waals surface area contributed by atoms with Crippen molar-refractivity contribution >= 4 is 21.8 Å². The van der Waals surface area contributed by atoms with Crippen LogP contribution in [0.4, 0.5) is 8.78 Å². The average Bonchev–Trinajstić information content (AvgIpc) is 3.08. The van der Waals surface area contributed by atoms with Gasteiger partial charge in [-0.15, -0.1) is 0 Å². The second-order valence-corrected chi connectivity index (χ2v) is 7.27. The second-order valence-electron chi connectivity index (χ2n) is 5.91. The van der Waals surface area contributed by atoms with Crippen molar-refractivity contribution in [1.29, 1.82) is 0 Å². The van der Waals surface area contributed by atoms with E-state index in [-0.39, 0.29) is 22.4 Å². The molecule has 11 heteroatoms. The second kappa shape index (κ2) is 6.89. The first-order valence-electron chi connectivity index (χ1n) is 8.07. The van der Waals surface area contributed by atoms with Gasteiger partial charge >= 0.3 is 6.11 Å². The third-order valence-electron chi connectivity index (χ3n) is 4.00. The molecule has 28 heavy (non-hydrogen) atoms. The number of imidazole rings is 1. The van der Waals surface area contributed by atoms with Crippen LogP contribution < -0.4 is 18.9 Å². The van der Waals surface area contributed by atoms with Crippen LogP contribution in [0.3, 0.4) is 0 Å². The van der Waals surface area contributed by atoms with Crippen molar-refractivity contribution in [3.05, 3.63) is 30.1 Å². The lowest BCUT2D eigenvalue weighted by molar-refractivity contribution is -0.208. The fraction of sp³-hybridized carbons (Fsp3) is 0.294. The monoisotopic (exact) mass is 411 g/mol. The van der Waals surface area contributed by atoms with Gasteiger partial charge in [0.05, 0.1) is 53.7 Å². The molecule has 0 fully saturated rings. The fourth-order valence-corrected chi connectivity index (χ4v) is 3.69. The van der Waals surface area contributed by atoms with Gasteiger partial charge in [-0.1, -0.05) is 0 Å². The number of benzene rings is 1. The predicted molar refractivity (Wildman–Crippen MR) is 94.6 cm³/mol. The van der Waals surface area contributed by atoms with Crippen molar-refractivity contribution in [3.63, 3.8) is 0 Å². The molecule has 8 nitrogen and oxygen atoms in total. The largest absolute Gasteiger partial charge is 0.493 e. The van der Waals surface area contributed by atoms with Crippen molar-refractivity contribution in [2.45, 2.75) is 17.0 Å². The van der Waals surface area contributed by atoms with E-state index in [0.717, 1.165) is 0 Å². The van der Waals surface area contributed by atoms with Crippen molar-refractivity contribution in [3.8, 4) is 23.0 Å². The number of pyridine rings is 1. The van der Waals surface area contributed by atoms with E-state index in [4.69, 9.17) is 14.2 Å². The molecule has 0 saturated heterocycles. The van der Waals surface area contributed by atoms with Crippen LogP contribution in [0.15, 0.2) is 29.6 Å². The van der Waals surface area contributed by atoms with E-state index >= 15 is 0 Å². The van der Waals surface area contributed by atoms with Crippen LogP contribution in [0.1, 0.15) is 5.69 Å². The number of hydrogen-bond acceptors (Lipinski definition) is 7. The molecular weight excluding hydrogens is 396 g/mol. The quantitative estimate of drug-likeness (QED) is 0.690. The number of hydrogen-bond donors (Lipinski definition) is 1. The number of halogens is 2. The molecule has 4 rings (SSSR count). The van der Waals surface area contributed by atoms with Gasteiger partial charge in [-0.25, -0.2) is 4.98 Å². The van der Waals surface area contributed by atoms with Gasteiger partial charge in [0, 0.05) is 18.2 Å². The van der Waals surface area contributed by atoms with Gasteiger partial charge in [-0.2, -0.15) is 8.78 Å². The number of methoxy groups -OCH3 is 2. The van der Waals surface area contributed by atoms with Gasteiger partial charge in [0.15, 0.2) is 34.8 Å². The van der Waals surface area contributed by atoms with Crippen molar-refractivity contribution < 1.29 is 31.9 Å². The summed E-state index contributed by atoms with van der Waals surface area (Å²) in [5, 5.41) is 0.181. The highest BCUT2D eigenvalue weighted by Gasteiger charge is 2.38. The third-order valence-corrected chi connectivity index (χ3v) is 5.19. The van der Waals surface area contributed by atoms with Gasteiger partial charge in [-0.05, 0) is 0 Å². The lowest BCUT2D eigenvalue weighted by Gasteiger charge is -2.25. The highest BCUT2D eigenvalue weighted by Crippen LogP contribution is 2.39. The maximum atomic E-state index is 13.3. The fourth-order valence-electron chi connectivity index (χ4n) is 2.71. The van der Waals surface area contributed by atoms with Crippen LogP contribution in [-0.4, -0.2) is 46.1 Å². The molecule has 2 aromatic heterocycles. The van der Waals surface area contributed by atoms with Crippen LogP contribution in [-0.2, 0) is 16.6 Å². The summed E-state index contributed by atoms with van der Waals surface area (Å²) in [6.45, 7) is -0.875. The van der Waals surface area contributed by atoms with Crippen LogP contribution in [0.25, 0.3) is 11.0 Å². The van der Waals surface area contributed by atoms with Gasteiger partial charge in [0.2, 0.25) is 0 Å². The van der Waals surface area contributed by atoms with Crippen LogP contribution in [0, 0.1) is 0 Å². The van der Waals surface area contributed by atoms with E-state index in [9.17, 15) is 13.0 Å². The number of aromatic amines is 1. The van der Waals surface area contributed by atoms with Gasteiger partial charge in [0.25, 0.3) is 0 Å². The first kappa shape index (κ1) is 18.4. The number of fused-ring (bicyclic) bond motifs is 2. The molecular formula is C17H15F2N3O5S. The normalized spacial score (nSPS) is 16.0. The summed E-state index contributed by atoms with van der Waals surface area (Å²) in [6.07, 6.45) is -1.92. The highest BCUT2D eigenvalue weighted by molar-refractivity contribution is 7.84. The molecule has 0 radical (unpaired) electrons. The molecule has 0 amide bonds. The summed E-state index contributed by atoms with van der Waals surface area (Å²) in [4.78, 5) is 11.3. The van der Waals surface area contributed by atoms with Crippen molar-refractivity contribution in [2.75, 3.05) is 20.8 Å². The minimum Gasteiger partial charge on any atom is -0.493 e. The van der Waals surface area contributed by atoms with E-state index in [0.29, 0.717) is 28.2 Å². The van der Waals surface area contributed by atoms with Gasteiger partial charge < -0.3 is 23.9 Å². The standard InChI is InChI=1S/C17H15F2N3O5S/c1-24-12-3-9(20-6-15(12)25-2)7-28(23)16-21-10-4-13-14(5-11(10)22-16)27-17(18,19)8-26-13/h3-6H,7-8H2,1-2H3,(H,21,22). The molecule has 3 aromatic rings. The van der Waals surface area contributed by atoms with E-state index < -0.39 is 23.5 Å². The summed E-state index contributed by atoms with van der Waals surface area (Å²) in [6, 6.07) is 4.44. The predicted octanol–water partition coefficient (Wildman–Crippen LogP) is 2.65. The SMILES string of the molecule is COc1cnc(CS(=O)c2nc3cc4c(cc3[nH]2)OC(F)(F)CO4)cc1OC. The Morgan fingerprint density at radius 1 is 1.21 bits per heavy atom. The smallest absolute Gasteiger partial charge is 0.433 e. The van der Waals surface area contributed by atoms with Crippen molar-refractivity contribution in [2.24, 2.45) is 0 Å². The summed E-state index contributed by atoms with van der Waals surface area (Å²) >= 11 is 0. The number of ether oxygens (including phenoxy) is 4. The van der Waals surface area contributed by atoms with E-state index in [1.165, 1.54) is 32.5 Å². The number of alkyl halides is 2. The maximum Gasteiger partial charge on any atom is 0.433 e. The van der Waals surface area contributed by atoms with Crippen LogP contribution in [0.5, 0.6) is 23.0 Å².